The van der Waals surface area contributed by atoms with Gasteiger partial charge in [-0.2, -0.15) is 0 Å². The van der Waals surface area contributed by atoms with Crippen LogP contribution >= 0.6 is 0 Å². The highest BCUT2D eigenvalue weighted by Gasteiger charge is 2.63. The smallest absolute Gasteiger partial charge is 0.136 e. The van der Waals surface area contributed by atoms with Crippen LogP contribution in [0.1, 0.15) is 86.0 Å². The minimum Gasteiger partial charge on any atom is -0.390 e. The molecule has 0 bridgehead atoms. The number of fused-ring (bicyclic) bond motifs is 5. The summed E-state index contributed by atoms with van der Waals surface area (Å²) in [5.74, 6) is 3.95. The van der Waals surface area contributed by atoms with Crippen LogP contribution in [0.4, 0.5) is 0 Å². The van der Waals surface area contributed by atoms with Crippen molar-refractivity contribution < 1.29 is 15.0 Å². The van der Waals surface area contributed by atoms with Crippen molar-refractivity contribution in [3.05, 3.63) is 12.2 Å². The van der Waals surface area contributed by atoms with Crippen LogP contribution in [-0.4, -0.2) is 28.2 Å². The lowest BCUT2D eigenvalue weighted by Crippen LogP contribution is -2.59. The fraction of sp³-hybridized carbons (Fsp3) is 0.889. The predicted molar refractivity (Wildman–Crippen MR) is 121 cm³/mol. The Balaban J connectivity index is 1.55. The zero-order valence-electron chi connectivity index (χ0n) is 19.8. The van der Waals surface area contributed by atoms with Crippen molar-refractivity contribution in [2.24, 2.45) is 52.3 Å². The Bertz CT molecular complexity index is 684. The van der Waals surface area contributed by atoms with E-state index in [1.54, 1.807) is 0 Å². The molecule has 10 atom stereocenters. The van der Waals surface area contributed by atoms with E-state index in [1.807, 2.05) is 0 Å². The highest BCUT2D eigenvalue weighted by molar-refractivity contribution is 5.83. The Kier molecular flexibility index (Phi) is 6.03. The second kappa shape index (κ2) is 8.03. The molecule has 4 saturated carbocycles. The van der Waals surface area contributed by atoms with Gasteiger partial charge in [-0.3, -0.25) is 4.79 Å². The van der Waals surface area contributed by atoms with Crippen LogP contribution in [-0.2, 0) is 4.79 Å². The zero-order valence-corrected chi connectivity index (χ0v) is 19.8. The summed E-state index contributed by atoms with van der Waals surface area (Å²) in [5.41, 5.74) is 0.194. The molecule has 0 saturated heterocycles. The van der Waals surface area contributed by atoms with Crippen molar-refractivity contribution in [2.75, 3.05) is 0 Å². The molecule has 1 unspecified atom stereocenters. The SMILES string of the molecule is CC(C)C/C=C/C(C)[C@H]1CC[C@H]2[C@@H]3CC(=O)[C@H]4C[C@H](O)[C@H](O)C[C@]4(C)[C@H]3CC[C@]12C. The van der Waals surface area contributed by atoms with Gasteiger partial charge in [-0.05, 0) is 91.3 Å². The van der Waals surface area contributed by atoms with E-state index in [0.717, 1.165) is 6.42 Å². The van der Waals surface area contributed by atoms with Crippen LogP contribution in [0.25, 0.3) is 0 Å². The maximum absolute atomic E-state index is 13.3. The van der Waals surface area contributed by atoms with E-state index in [2.05, 4.69) is 46.8 Å². The normalized spacial score (nSPS) is 49.7. The average molecular weight is 417 g/mol. The molecule has 0 aliphatic heterocycles. The molecule has 0 aromatic heterocycles. The van der Waals surface area contributed by atoms with Gasteiger partial charge in [-0.15, -0.1) is 0 Å². The van der Waals surface area contributed by atoms with Gasteiger partial charge in [0.15, 0.2) is 0 Å². The first-order valence-electron chi connectivity index (χ1n) is 12.6. The predicted octanol–water partition coefficient (Wildman–Crippen LogP) is 5.39. The van der Waals surface area contributed by atoms with Gasteiger partial charge in [0, 0.05) is 12.3 Å². The van der Waals surface area contributed by atoms with Crippen LogP contribution in [0.5, 0.6) is 0 Å². The molecule has 3 nitrogen and oxygen atoms in total. The summed E-state index contributed by atoms with van der Waals surface area (Å²) >= 11 is 0. The van der Waals surface area contributed by atoms with Crippen molar-refractivity contribution >= 4 is 5.78 Å². The highest BCUT2D eigenvalue weighted by atomic mass is 16.3. The average Bonchev–Trinajstić information content (AvgIpc) is 3.01. The molecule has 0 aromatic rings. The third kappa shape index (κ3) is 3.52. The van der Waals surface area contributed by atoms with Crippen molar-refractivity contribution in [3.63, 3.8) is 0 Å². The molecule has 0 heterocycles. The van der Waals surface area contributed by atoms with Gasteiger partial charge in [0.2, 0.25) is 0 Å². The number of carbonyl (C=O) groups excluding carboxylic acids is 1. The summed E-state index contributed by atoms with van der Waals surface area (Å²) in [6.45, 7) is 11.7. The largest absolute Gasteiger partial charge is 0.390 e. The monoisotopic (exact) mass is 416 g/mol. The van der Waals surface area contributed by atoms with E-state index in [-0.39, 0.29) is 11.3 Å². The van der Waals surface area contributed by atoms with Gasteiger partial charge in [-0.1, -0.05) is 46.8 Å². The zero-order chi connectivity index (χ0) is 21.8. The lowest BCUT2D eigenvalue weighted by atomic mass is 9.44. The van der Waals surface area contributed by atoms with E-state index in [4.69, 9.17) is 0 Å². The number of aliphatic hydroxyl groups excluding tert-OH is 2. The third-order valence-corrected chi connectivity index (χ3v) is 10.2. The number of carbonyl (C=O) groups is 1. The topological polar surface area (TPSA) is 57.5 Å². The number of Topliss-reactive ketones (excluding diaryl/α,β-unsaturated/α-hetero) is 1. The van der Waals surface area contributed by atoms with Gasteiger partial charge in [0.05, 0.1) is 12.2 Å². The van der Waals surface area contributed by atoms with E-state index in [9.17, 15) is 15.0 Å². The minimum atomic E-state index is -0.730. The molecule has 4 aliphatic rings. The Morgan fingerprint density at radius 2 is 1.73 bits per heavy atom. The molecule has 4 fully saturated rings. The summed E-state index contributed by atoms with van der Waals surface area (Å²) in [4.78, 5) is 13.3. The van der Waals surface area contributed by atoms with Crippen molar-refractivity contribution in [3.8, 4) is 0 Å². The van der Waals surface area contributed by atoms with Gasteiger partial charge < -0.3 is 10.2 Å². The number of hydrogen-bond donors (Lipinski definition) is 2. The van der Waals surface area contributed by atoms with Gasteiger partial charge in [0.1, 0.15) is 5.78 Å². The summed E-state index contributed by atoms with van der Waals surface area (Å²) in [7, 11) is 0. The second-order valence-corrected chi connectivity index (χ2v) is 12.3. The maximum Gasteiger partial charge on any atom is 0.136 e. The fourth-order valence-corrected chi connectivity index (χ4v) is 8.68. The Labute approximate surface area is 183 Å². The maximum atomic E-state index is 13.3. The molecular weight excluding hydrogens is 372 g/mol. The summed E-state index contributed by atoms with van der Waals surface area (Å²) in [5, 5.41) is 20.7. The lowest BCUT2D eigenvalue weighted by molar-refractivity contribution is -0.173. The number of aliphatic hydroxyl groups is 2. The Hall–Kier alpha value is -0.670. The molecule has 4 aliphatic carbocycles. The summed E-state index contributed by atoms with van der Waals surface area (Å²) in [6, 6.07) is 0. The van der Waals surface area contributed by atoms with Crippen LogP contribution in [0.3, 0.4) is 0 Å². The van der Waals surface area contributed by atoms with Gasteiger partial charge >= 0.3 is 0 Å². The quantitative estimate of drug-likeness (QED) is 0.604. The van der Waals surface area contributed by atoms with Crippen molar-refractivity contribution in [1.29, 1.82) is 0 Å². The first-order valence-corrected chi connectivity index (χ1v) is 12.6. The van der Waals surface area contributed by atoms with Crippen LogP contribution in [0.2, 0.25) is 0 Å². The van der Waals surface area contributed by atoms with Crippen molar-refractivity contribution in [1.82, 2.24) is 0 Å². The first kappa shape index (κ1) is 22.5. The van der Waals surface area contributed by atoms with E-state index >= 15 is 0 Å². The van der Waals surface area contributed by atoms with Gasteiger partial charge in [0.25, 0.3) is 0 Å². The summed E-state index contributed by atoms with van der Waals surface area (Å²) in [6.07, 6.45) is 11.3. The van der Waals surface area contributed by atoms with Crippen LogP contribution < -0.4 is 0 Å². The Morgan fingerprint density at radius 1 is 1.03 bits per heavy atom. The number of ketones is 1. The van der Waals surface area contributed by atoms with Crippen LogP contribution in [0, 0.1) is 52.3 Å². The van der Waals surface area contributed by atoms with E-state index < -0.39 is 12.2 Å². The standard InChI is InChI=1S/C27H44O3/c1-16(2)7-6-8-17(3)19-9-10-20-18-13-23(28)22-14-24(29)25(30)15-27(22,5)21(18)11-12-26(19,20)4/h6,8,16-22,24-25,29-30H,7,9-15H2,1-5H3/b8-6+/t17?,18-,19+,20-,21-,22+,24-,25+,26+,27+/m0/s1. The third-order valence-electron chi connectivity index (χ3n) is 10.2. The Morgan fingerprint density at radius 3 is 2.43 bits per heavy atom. The molecule has 0 spiro atoms. The highest BCUT2D eigenvalue weighted by Crippen LogP contribution is 2.67. The van der Waals surface area contributed by atoms with Gasteiger partial charge in [-0.25, -0.2) is 0 Å². The lowest BCUT2D eigenvalue weighted by Gasteiger charge is -2.60. The second-order valence-electron chi connectivity index (χ2n) is 12.3. The molecule has 4 rings (SSSR count). The van der Waals surface area contributed by atoms with Crippen LogP contribution in [0.15, 0.2) is 12.2 Å². The fourth-order valence-electron chi connectivity index (χ4n) is 8.68. The molecule has 30 heavy (non-hydrogen) atoms. The molecule has 0 aromatic carbocycles. The molecular formula is C27H44O3. The van der Waals surface area contributed by atoms with Crippen molar-refractivity contribution in [2.45, 2.75) is 98.2 Å². The number of hydrogen-bond acceptors (Lipinski definition) is 3. The van der Waals surface area contributed by atoms with E-state index in [1.165, 1.54) is 25.7 Å². The first-order chi connectivity index (χ1) is 14.1. The molecule has 2 N–H and O–H groups in total. The molecule has 3 heteroatoms. The molecule has 0 amide bonds. The molecule has 170 valence electrons. The van der Waals surface area contributed by atoms with E-state index in [0.29, 0.717) is 66.0 Å². The molecule has 0 radical (unpaired) electrons. The summed E-state index contributed by atoms with van der Waals surface area (Å²) < 4.78 is 0. The minimum absolute atomic E-state index is 0.0587. The number of allylic oxidation sites excluding steroid dienone is 2. The number of rotatable bonds is 4.